The second-order valence-corrected chi connectivity index (χ2v) is 2.43. The van der Waals surface area contributed by atoms with Crippen LogP contribution in [-0.2, 0) is 13.8 Å². The third-order valence-electron chi connectivity index (χ3n) is 0.537. The molecule has 0 aromatic carbocycles. The molecule has 0 bridgehead atoms. The van der Waals surface area contributed by atoms with Gasteiger partial charge in [0, 0.05) is 7.11 Å². The maximum absolute atomic E-state index is 9.70. The molecule has 0 atom stereocenters. The van der Waals surface area contributed by atoms with Crippen molar-refractivity contribution in [3.05, 3.63) is 0 Å². The summed E-state index contributed by atoms with van der Waals surface area (Å²) in [5.74, 6) is 0. The van der Waals surface area contributed by atoms with Gasteiger partial charge in [-0.3, -0.25) is 0 Å². The topological polar surface area (TPSA) is 81.7 Å². The summed E-state index contributed by atoms with van der Waals surface area (Å²) in [6.07, 6.45) is 0. The van der Waals surface area contributed by atoms with Crippen LogP contribution in [0.2, 0.25) is 0 Å². The van der Waals surface area contributed by atoms with Crippen molar-refractivity contribution in [2.45, 2.75) is 0 Å². The summed E-state index contributed by atoms with van der Waals surface area (Å²) >= 11 is 0. The average molecular weight is 200 g/mol. The Morgan fingerprint density at radius 3 is 2.00 bits per heavy atom. The van der Waals surface area contributed by atoms with Gasteiger partial charge in [0.2, 0.25) is 0 Å². The molecule has 5 nitrogen and oxygen atoms in total. The van der Waals surface area contributed by atoms with Crippen molar-refractivity contribution in [1.29, 1.82) is 0 Å². The number of hydrogen-bond donors (Lipinski definition) is 0. The Kier molecular flexibility index (Phi) is 17.3. The zero-order valence-electron chi connectivity index (χ0n) is 6.90. The zero-order chi connectivity index (χ0) is 7.33. The van der Waals surface area contributed by atoms with Gasteiger partial charge in [-0.2, -0.15) is 0 Å². The van der Waals surface area contributed by atoms with Crippen LogP contribution < -0.4 is 68.9 Å². The second kappa shape index (κ2) is 10.2. The molecule has 0 unspecified atom stereocenters. The van der Waals surface area contributed by atoms with E-state index < -0.39 is 7.82 Å². The Morgan fingerprint density at radius 1 is 1.27 bits per heavy atom. The fourth-order valence-corrected chi connectivity index (χ4v) is 0.531. The molecule has 0 aromatic rings. The molecule has 0 fully saturated rings. The third-order valence-corrected chi connectivity index (χ3v) is 1.04. The Hall–Kier alpha value is 2.07. The number of ether oxygens (including phenoxy) is 1. The summed E-state index contributed by atoms with van der Waals surface area (Å²) in [7, 11) is -3.40. The Balaban J connectivity index is -0.000000320. The van der Waals surface area contributed by atoms with E-state index in [-0.39, 0.29) is 72.3 Å². The quantitative estimate of drug-likeness (QED) is 0.256. The smallest absolute Gasteiger partial charge is 0.790 e. The van der Waals surface area contributed by atoms with Gasteiger partial charge >= 0.3 is 59.1 Å². The van der Waals surface area contributed by atoms with E-state index in [1.54, 1.807) is 0 Å². The molecule has 11 heavy (non-hydrogen) atoms. The molecule has 0 rings (SSSR count). The van der Waals surface area contributed by atoms with Crippen LogP contribution in [0.25, 0.3) is 0 Å². The summed E-state index contributed by atoms with van der Waals surface area (Å²) in [6, 6.07) is 0. The first-order chi connectivity index (χ1) is 4.06. The molecular formula is C3H7Na2O5P. The number of hydrogen-bond acceptors (Lipinski definition) is 5. The molecule has 0 N–H and O–H groups in total. The van der Waals surface area contributed by atoms with Gasteiger partial charge in [-0.05, 0) is 0 Å². The maximum atomic E-state index is 9.70. The molecular weight excluding hydrogens is 193 g/mol. The van der Waals surface area contributed by atoms with E-state index in [1.807, 2.05) is 0 Å². The van der Waals surface area contributed by atoms with Crippen LogP contribution >= 0.6 is 7.82 Å². The van der Waals surface area contributed by atoms with Gasteiger partial charge in [-0.25, -0.2) is 0 Å². The molecule has 0 heterocycles. The molecule has 0 aliphatic carbocycles. The predicted octanol–water partition coefficient (Wildman–Crippen LogP) is -7.51. The van der Waals surface area contributed by atoms with Crippen LogP contribution in [0, 0.1) is 0 Å². The van der Waals surface area contributed by atoms with Crippen LogP contribution in [0.1, 0.15) is 0 Å². The molecule has 0 amide bonds. The molecule has 0 saturated heterocycles. The molecule has 8 heteroatoms. The largest absolute Gasteiger partial charge is 1.00 e. The molecule has 0 aliphatic heterocycles. The summed E-state index contributed by atoms with van der Waals surface area (Å²) in [5, 5.41) is 0. The van der Waals surface area contributed by atoms with Crippen LogP contribution in [0.4, 0.5) is 0 Å². The predicted molar refractivity (Wildman–Crippen MR) is 25.4 cm³/mol. The van der Waals surface area contributed by atoms with Gasteiger partial charge in [0.25, 0.3) is 0 Å². The average Bonchev–Trinajstić information content (AvgIpc) is 1.63. The van der Waals surface area contributed by atoms with E-state index in [1.165, 1.54) is 7.11 Å². The first-order valence-electron chi connectivity index (χ1n) is 2.22. The van der Waals surface area contributed by atoms with Crippen molar-refractivity contribution < 1.29 is 82.7 Å². The van der Waals surface area contributed by atoms with E-state index in [2.05, 4.69) is 9.26 Å². The van der Waals surface area contributed by atoms with Crippen molar-refractivity contribution in [2.24, 2.45) is 0 Å². The molecule has 0 aromatic heterocycles. The fraction of sp³-hybridized carbons (Fsp3) is 1.00. The number of methoxy groups -OCH3 is 1. The van der Waals surface area contributed by atoms with Crippen molar-refractivity contribution in [3.63, 3.8) is 0 Å². The van der Waals surface area contributed by atoms with Crippen LogP contribution in [0.15, 0.2) is 0 Å². The Labute approximate surface area is 110 Å². The van der Waals surface area contributed by atoms with Gasteiger partial charge in [0.15, 0.2) is 0 Å². The van der Waals surface area contributed by atoms with Crippen LogP contribution in [0.3, 0.4) is 0 Å². The first kappa shape index (κ1) is 18.8. The Morgan fingerprint density at radius 2 is 1.73 bits per heavy atom. The molecule has 0 radical (unpaired) electrons. The minimum atomic E-state index is -4.78. The van der Waals surface area contributed by atoms with Gasteiger partial charge < -0.3 is 23.6 Å². The second-order valence-electron chi connectivity index (χ2n) is 1.27. The van der Waals surface area contributed by atoms with Crippen LogP contribution in [-0.4, -0.2) is 20.3 Å². The Bertz CT molecular complexity index is 114. The van der Waals surface area contributed by atoms with Crippen molar-refractivity contribution in [3.8, 4) is 0 Å². The van der Waals surface area contributed by atoms with Gasteiger partial charge in [-0.15, -0.1) is 0 Å². The SMILES string of the molecule is COCCOP(=O)([O-])[O-].[Na+].[Na+]. The van der Waals surface area contributed by atoms with E-state index >= 15 is 0 Å². The fourth-order valence-electron chi connectivity index (χ4n) is 0.232. The minimum Gasteiger partial charge on any atom is -0.790 e. The molecule has 56 valence electrons. The molecule has 0 spiro atoms. The van der Waals surface area contributed by atoms with Crippen molar-refractivity contribution in [1.82, 2.24) is 0 Å². The van der Waals surface area contributed by atoms with Crippen molar-refractivity contribution in [2.75, 3.05) is 20.3 Å². The van der Waals surface area contributed by atoms with E-state index in [9.17, 15) is 14.4 Å². The normalized spacial score (nSPS) is 9.73. The standard InChI is InChI=1S/C3H9O5P.2Na/c1-7-2-3-8-9(4,5)6;;/h2-3H2,1H3,(H2,4,5,6);;/q;2*+1/p-2. The van der Waals surface area contributed by atoms with Crippen LogP contribution in [0.5, 0.6) is 0 Å². The maximum Gasteiger partial charge on any atom is 1.00 e. The van der Waals surface area contributed by atoms with E-state index in [0.717, 1.165) is 0 Å². The molecule has 0 aliphatic rings. The van der Waals surface area contributed by atoms with E-state index in [4.69, 9.17) is 0 Å². The molecule has 0 saturated carbocycles. The van der Waals surface area contributed by atoms with Gasteiger partial charge in [0.1, 0.15) is 0 Å². The third kappa shape index (κ3) is 18.8. The minimum absolute atomic E-state index is 0. The number of phosphoric ester groups is 1. The van der Waals surface area contributed by atoms with E-state index in [0.29, 0.717) is 0 Å². The number of rotatable bonds is 4. The summed E-state index contributed by atoms with van der Waals surface area (Å²) in [4.78, 5) is 19.4. The monoisotopic (exact) mass is 200 g/mol. The summed E-state index contributed by atoms with van der Waals surface area (Å²) < 4.78 is 17.9. The zero-order valence-corrected chi connectivity index (χ0v) is 11.8. The first-order valence-corrected chi connectivity index (χ1v) is 3.68. The summed E-state index contributed by atoms with van der Waals surface area (Å²) in [5.41, 5.74) is 0. The number of phosphoric acid groups is 1. The van der Waals surface area contributed by atoms with Crippen molar-refractivity contribution >= 4 is 7.82 Å². The van der Waals surface area contributed by atoms with Gasteiger partial charge in [0.05, 0.1) is 21.0 Å². The van der Waals surface area contributed by atoms with Gasteiger partial charge in [-0.1, -0.05) is 0 Å². The summed E-state index contributed by atoms with van der Waals surface area (Å²) in [6.45, 7) is -0.102.